The molecule has 14 heavy (non-hydrogen) atoms. The Morgan fingerprint density at radius 2 is 1.29 bits per heavy atom. The molecule has 0 atom stereocenters. The van der Waals surface area contributed by atoms with Gasteiger partial charge in [0.15, 0.2) is 0 Å². The zero-order valence-electron chi connectivity index (χ0n) is 7.01. The molecule has 0 aromatic heterocycles. The van der Waals surface area contributed by atoms with Gasteiger partial charge in [-0.3, -0.25) is 0 Å². The molecule has 0 heterocycles. The van der Waals surface area contributed by atoms with Gasteiger partial charge in [0.1, 0.15) is 0 Å². The Morgan fingerprint density at radius 3 is 1.50 bits per heavy atom. The van der Waals surface area contributed by atoms with Gasteiger partial charge in [0.25, 0.3) is 0 Å². The third kappa shape index (κ3) is 14.2. The van der Waals surface area contributed by atoms with E-state index in [1.165, 1.54) is 5.56 Å². The predicted molar refractivity (Wildman–Crippen MR) is 45.6 cm³/mol. The molecule has 1 nitrogen and oxygen atoms in total. The number of benzene rings is 1. The third-order valence-electron chi connectivity index (χ3n) is 1.08. The molecular formula is C7H9F5NSb. The molecule has 0 saturated heterocycles. The molecule has 0 spiro atoms. The van der Waals surface area contributed by atoms with Crippen molar-refractivity contribution in [3.05, 3.63) is 35.9 Å². The summed E-state index contributed by atoms with van der Waals surface area (Å²) in [6, 6.07) is 9.99. The van der Waals surface area contributed by atoms with Crippen molar-refractivity contribution in [2.75, 3.05) is 0 Å². The minimum atomic E-state index is -9.19. The van der Waals surface area contributed by atoms with Crippen LogP contribution in [0.15, 0.2) is 30.3 Å². The SMILES string of the molecule is NCc1ccccc1.[F][Sb]([F])([F])([F])[F]. The van der Waals surface area contributed by atoms with E-state index in [2.05, 4.69) is 0 Å². The van der Waals surface area contributed by atoms with Gasteiger partial charge >= 0.3 is 34.4 Å². The first kappa shape index (κ1) is 13.6. The number of nitrogens with two attached hydrogens (primary N) is 1. The van der Waals surface area contributed by atoms with Crippen LogP contribution in [-0.4, -0.2) is 20.3 Å². The van der Waals surface area contributed by atoms with Crippen molar-refractivity contribution in [2.45, 2.75) is 6.54 Å². The van der Waals surface area contributed by atoms with Crippen molar-refractivity contribution >= 4 is 20.3 Å². The van der Waals surface area contributed by atoms with Crippen LogP contribution in [0.5, 0.6) is 0 Å². The fourth-order valence-electron chi connectivity index (χ4n) is 0.614. The van der Waals surface area contributed by atoms with E-state index in [0.29, 0.717) is 6.54 Å². The average Bonchev–Trinajstić information content (AvgIpc) is 2.01. The van der Waals surface area contributed by atoms with Crippen LogP contribution in [0.1, 0.15) is 5.56 Å². The van der Waals surface area contributed by atoms with Gasteiger partial charge in [-0.2, -0.15) is 0 Å². The Hall–Kier alpha value is -0.352. The summed E-state index contributed by atoms with van der Waals surface area (Å²) in [5, 5.41) is 0. The van der Waals surface area contributed by atoms with Crippen molar-refractivity contribution in [3.8, 4) is 0 Å². The summed E-state index contributed by atoms with van der Waals surface area (Å²) in [6.07, 6.45) is 0. The molecule has 1 aromatic carbocycles. The van der Waals surface area contributed by atoms with Crippen molar-refractivity contribution in [1.82, 2.24) is 0 Å². The van der Waals surface area contributed by atoms with Gasteiger partial charge in [-0.25, -0.2) is 0 Å². The van der Waals surface area contributed by atoms with E-state index in [1.807, 2.05) is 30.3 Å². The summed E-state index contributed by atoms with van der Waals surface area (Å²) in [4.78, 5) is 0. The second-order valence-corrected chi connectivity index (χ2v) is 5.98. The monoisotopic (exact) mass is 323 g/mol. The summed E-state index contributed by atoms with van der Waals surface area (Å²) in [6.45, 7) is 0.640. The van der Waals surface area contributed by atoms with Crippen LogP contribution in [0.25, 0.3) is 0 Å². The molecule has 0 aliphatic rings. The zero-order chi connectivity index (χ0) is 11.3. The van der Waals surface area contributed by atoms with Crippen molar-refractivity contribution < 1.29 is 14.1 Å². The molecule has 0 aliphatic carbocycles. The van der Waals surface area contributed by atoms with E-state index in [9.17, 15) is 14.1 Å². The molecule has 0 bridgehead atoms. The molecule has 0 radical (unpaired) electrons. The fourth-order valence-corrected chi connectivity index (χ4v) is 0.614. The fraction of sp³-hybridized carbons (Fsp3) is 0.143. The Bertz CT molecular complexity index is 251. The van der Waals surface area contributed by atoms with Gasteiger partial charge < -0.3 is 5.73 Å². The summed E-state index contributed by atoms with van der Waals surface area (Å²) in [5.74, 6) is 0. The molecule has 0 unspecified atom stereocenters. The van der Waals surface area contributed by atoms with Gasteiger partial charge in [0, 0.05) is 6.54 Å². The molecule has 0 fully saturated rings. The van der Waals surface area contributed by atoms with E-state index in [0.717, 1.165) is 0 Å². The molecule has 82 valence electrons. The normalized spacial score (nSPS) is 13.4. The second kappa shape index (κ2) is 4.93. The first-order valence-corrected chi connectivity index (χ1v) is 8.34. The summed E-state index contributed by atoms with van der Waals surface area (Å²) in [5.41, 5.74) is 6.54. The number of hydrogen-bond donors (Lipinski definition) is 1. The van der Waals surface area contributed by atoms with Crippen molar-refractivity contribution in [2.24, 2.45) is 5.73 Å². The molecule has 2 N–H and O–H groups in total. The standard InChI is InChI=1S/C7H9N.5FH.Sb/c8-6-7-4-2-1-3-5-7;;;;;;/h1-5H,6,8H2;5*1H;/q;;;;;;+5/p-5. The number of hydrogen-bond acceptors (Lipinski definition) is 1. The van der Waals surface area contributed by atoms with Crippen LogP contribution in [0.4, 0.5) is 14.1 Å². The summed E-state index contributed by atoms with van der Waals surface area (Å²) < 4.78 is 49.6. The van der Waals surface area contributed by atoms with Crippen LogP contribution in [0.2, 0.25) is 0 Å². The summed E-state index contributed by atoms with van der Waals surface area (Å²) >= 11 is -9.19. The van der Waals surface area contributed by atoms with E-state index >= 15 is 0 Å². The predicted octanol–water partition coefficient (Wildman–Crippen LogP) is 2.87. The van der Waals surface area contributed by atoms with Gasteiger partial charge in [0.05, 0.1) is 0 Å². The quantitative estimate of drug-likeness (QED) is 0.624. The summed E-state index contributed by atoms with van der Waals surface area (Å²) in [7, 11) is 0. The molecule has 0 aliphatic heterocycles. The maximum absolute atomic E-state index is 9.91. The van der Waals surface area contributed by atoms with Crippen LogP contribution >= 0.6 is 0 Å². The van der Waals surface area contributed by atoms with E-state index in [4.69, 9.17) is 5.73 Å². The van der Waals surface area contributed by atoms with Crippen LogP contribution in [0.3, 0.4) is 0 Å². The van der Waals surface area contributed by atoms with E-state index in [-0.39, 0.29) is 0 Å². The first-order chi connectivity index (χ1) is 6.17. The average molecular weight is 324 g/mol. The first-order valence-electron chi connectivity index (χ1n) is 3.52. The van der Waals surface area contributed by atoms with Gasteiger partial charge in [-0.15, -0.1) is 0 Å². The van der Waals surface area contributed by atoms with Crippen molar-refractivity contribution in [1.29, 1.82) is 0 Å². The molecule has 1 aromatic rings. The van der Waals surface area contributed by atoms with Gasteiger partial charge in [0.2, 0.25) is 0 Å². The Balaban J connectivity index is 0.000000255. The molecular weight excluding hydrogens is 315 g/mol. The topological polar surface area (TPSA) is 26.0 Å². The zero-order valence-corrected chi connectivity index (χ0v) is 9.56. The van der Waals surface area contributed by atoms with Crippen LogP contribution in [-0.2, 0) is 6.54 Å². The minimum absolute atomic E-state index is 0.640. The Morgan fingerprint density at radius 1 is 0.929 bits per heavy atom. The number of halogens is 5. The molecule has 0 saturated carbocycles. The molecule has 7 heteroatoms. The van der Waals surface area contributed by atoms with E-state index < -0.39 is 20.3 Å². The van der Waals surface area contributed by atoms with Gasteiger partial charge in [-0.1, -0.05) is 30.3 Å². The molecule has 1 rings (SSSR count). The molecule has 0 amide bonds. The Labute approximate surface area is 82.8 Å². The second-order valence-electron chi connectivity index (χ2n) is 2.33. The maximum atomic E-state index is 9.91. The van der Waals surface area contributed by atoms with Gasteiger partial charge in [-0.05, 0) is 5.56 Å². The van der Waals surface area contributed by atoms with E-state index in [1.54, 1.807) is 0 Å². The number of rotatable bonds is 1. The Kier molecular flexibility index (Phi) is 4.81. The van der Waals surface area contributed by atoms with Crippen molar-refractivity contribution in [3.63, 3.8) is 0 Å². The third-order valence-corrected chi connectivity index (χ3v) is 1.08. The van der Waals surface area contributed by atoms with Crippen LogP contribution in [0, 0.1) is 0 Å². The van der Waals surface area contributed by atoms with Crippen LogP contribution < -0.4 is 5.73 Å².